The first-order valence-corrected chi connectivity index (χ1v) is 15.4. The van der Waals surface area contributed by atoms with Crippen molar-refractivity contribution in [3.8, 4) is 0 Å². The average Bonchev–Trinajstić information content (AvgIpc) is 3.11. The number of anilines is 8. The van der Waals surface area contributed by atoms with Gasteiger partial charge in [-0.25, -0.2) is 0 Å². The molecule has 6 aromatic rings. The second-order valence-corrected chi connectivity index (χ2v) is 11.9. The first-order valence-electron chi connectivity index (χ1n) is 15.4. The van der Waals surface area contributed by atoms with E-state index in [1.165, 1.54) is 16.8 Å². The maximum absolute atomic E-state index is 13.2. The lowest BCUT2D eigenvalue weighted by molar-refractivity contribution is 0.103. The third-order valence-electron chi connectivity index (χ3n) is 9.20. The Kier molecular flexibility index (Phi) is 5.78. The van der Waals surface area contributed by atoms with Crippen LogP contribution in [0.2, 0.25) is 0 Å². The second kappa shape index (κ2) is 10.1. The van der Waals surface area contributed by atoms with Crippen molar-refractivity contribution in [3.63, 3.8) is 0 Å². The van der Waals surface area contributed by atoms with E-state index in [0.29, 0.717) is 0 Å². The van der Waals surface area contributed by atoms with Gasteiger partial charge in [-0.2, -0.15) is 0 Å². The first-order chi connectivity index (χ1) is 22.2. The molecule has 0 unspecified atom stereocenters. The molecule has 0 spiro atoms. The Hall–Kier alpha value is -5.81. The van der Waals surface area contributed by atoms with Gasteiger partial charge in [-0.05, 0) is 65.7 Å². The number of ketones is 1. The van der Waals surface area contributed by atoms with E-state index >= 15 is 0 Å². The highest BCUT2D eigenvalue weighted by Crippen LogP contribution is 2.54. The zero-order chi connectivity index (χ0) is 29.9. The van der Waals surface area contributed by atoms with Crippen LogP contribution in [0.1, 0.15) is 27.0 Å². The molecule has 216 valence electrons. The average molecular weight is 583 g/mol. The Labute approximate surface area is 262 Å². The number of benzene rings is 6. The monoisotopic (exact) mass is 582 g/mol. The van der Waals surface area contributed by atoms with E-state index in [9.17, 15) is 4.79 Å². The molecule has 3 aliphatic rings. The van der Waals surface area contributed by atoms with Crippen LogP contribution < -0.4 is 19.6 Å². The number of para-hydroxylation sites is 5. The largest absolute Gasteiger partial charge is 0.349 e. The molecule has 0 atom stereocenters. The van der Waals surface area contributed by atoms with Crippen molar-refractivity contribution >= 4 is 51.3 Å². The van der Waals surface area contributed by atoms with Gasteiger partial charge < -0.3 is 19.6 Å². The Morgan fingerprint density at radius 1 is 0.422 bits per heavy atom. The van der Waals surface area contributed by atoms with Crippen molar-refractivity contribution < 1.29 is 4.79 Å². The molecule has 0 radical (unpaired) electrons. The number of hydrogen-bond donors (Lipinski definition) is 0. The van der Waals surface area contributed by atoms with Gasteiger partial charge in [-0.1, -0.05) is 91.0 Å². The predicted octanol–water partition coefficient (Wildman–Crippen LogP) is 9.47. The van der Waals surface area contributed by atoms with Gasteiger partial charge in [-0.15, -0.1) is 0 Å². The fourth-order valence-electron chi connectivity index (χ4n) is 7.13. The van der Waals surface area contributed by atoms with E-state index in [0.717, 1.165) is 70.7 Å². The van der Waals surface area contributed by atoms with Crippen molar-refractivity contribution in [2.75, 3.05) is 26.3 Å². The molecular weight excluding hydrogens is 552 g/mol. The van der Waals surface area contributed by atoms with Crippen molar-refractivity contribution in [1.29, 1.82) is 0 Å². The van der Waals surface area contributed by atoms with E-state index in [4.69, 9.17) is 0 Å². The molecule has 0 saturated heterocycles. The lowest BCUT2D eigenvalue weighted by Crippen LogP contribution is -2.46. The number of carbonyl (C=O) groups excluding carboxylic acids is 1. The molecule has 6 aromatic carbocycles. The Morgan fingerprint density at radius 2 is 0.911 bits per heavy atom. The molecule has 2 bridgehead atoms. The normalized spacial score (nSPS) is 14.3. The van der Waals surface area contributed by atoms with Crippen LogP contribution in [-0.2, 0) is 13.1 Å². The topological polar surface area (TPSA) is 30.0 Å². The summed E-state index contributed by atoms with van der Waals surface area (Å²) in [7, 11) is 0. The minimum Gasteiger partial charge on any atom is -0.349 e. The quantitative estimate of drug-likeness (QED) is 0.193. The second-order valence-electron chi connectivity index (χ2n) is 11.9. The van der Waals surface area contributed by atoms with E-state index < -0.39 is 0 Å². The minimum absolute atomic E-state index is 0.0656. The number of carbonyl (C=O) groups is 1. The molecule has 9 rings (SSSR count). The zero-order valence-electron chi connectivity index (χ0n) is 24.7. The van der Waals surface area contributed by atoms with Crippen LogP contribution in [0, 0.1) is 0 Å². The summed E-state index contributed by atoms with van der Waals surface area (Å²) in [6.45, 7) is 2.40. The lowest BCUT2D eigenvalue weighted by atomic mass is 9.96. The van der Waals surface area contributed by atoms with Crippen molar-refractivity contribution in [3.05, 3.63) is 168 Å². The van der Waals surface area contributed by atoms with Crippen LogP contribution in [-0.4, -0.2) is 12.5 Å². The van der Waals surface area contributed by atoms with Gasteiger partial charge in [0.1, 0.15) is 0 Å². The van der Waals surface area contributed by atoms with Crippen molar-refractivity contribution in [2.24, 2.45) is 0 Å². The standard InChI is InChI=1S/C40H30N4O/c45-40(28-11-3-1-4-12-28)29-19-20-30-25-42-27-41(38(30)23-29)26-31-21-22-33(24-39(31)42)44-36-17-9-7-15-34(36)43(32-13-5-2-6-14-32)35-16-8-10-18-37(35)44/h1-24H,25-27H2. The summed E-state index contributed by atoms with van der Waals surface area (Å²) in [6.07, 6.45) is 0. The van der Waals surface area contributed by atoms with Gasteiger partial charge in [0, 0.05) is 47.0 Å². The summed E-state index contributed by atoms with van der Waals surface area (Å²) >= 11 is 0. The van der Waals surface area contributed by atoms with Crippen LogP contribution in [0.15, 0.2) is 146 Å². The van der Waals surface area contributed by atoms with Crippen LogP contribution >= 0.6 is 0 Å². The molecule has 45 heavy (non-hydrogen) atoms. The van der Waals surface area contributed by atoms with Gasteiger partial charge in [0.2, 0.25) is 0 Å². The van der Waals surface area contributed by atoms with Crippen LogP contribution in [0.5, 0.6) is 0 Å². The number of fused-ring (bicyclic) bond motifs is 8. The zero-order valence-corrected chi connectivity index (χ0v) is 24.7. The first kappa shape index (κ1) is 25.7. The summed E-state index contributed by atoms with van der Waals surface area (Å²) in [6, 6.07) is 50.6. The fourth-order valence-corrected chi connectivity index (χ4v) is 7.13. The van der Waals surface area contributed by atoms with Crippen LogP contribution in [0.3, 0.4) is 0 Å². The Balaban J connectivity index is 1.09. The third-order valence-corrected chi connectivity index (χ3v) is 9.20. The minimum atomic E-state index is 0.0656. The smallest absolute Gasteiger partial charge is 0.193 e. The van der Waals surface area contributed by atoms with Gasteiger partial charge in [-0.3, -0.25) is 4.79 Å². The molecule has 5 heteroatoms. The van der Waals surface area contributed by atoms with Crippen LogP contribution in [0.25, 0.3) is 0 Å². The highest BCUT2D eigenvalue weighted by atomic mass is 16.1. The molecule has 0 aromatic heterocycles. The number of nitrogens with zero attached hydrogens (tertiary/aromatic N) is 4. The molecule has 3 aliphatic heterocycles. The summed E-state index contributed by atoms with van der Waals surface area (Å²) < 4.78 is 0. The Bertz CT molecular complexity index is 2040. The van der Waals surface area contributed by atoms with Crippen LogP contribution in [0.4, 0.5) is 45.5 Å². The summed E-state index contributed by atoms with van der Waals surface area (Å²) in [5.74, 6) is 0.0656. The highest BCUT2D eigenvalue weighted by molar-refractivity contribution is 6.09. The van der Waals surface area contributed by atoms with Crippen molar-refractivity contribution in [1.82, 2.24) is 0 Å². The highest BCUT2D eigenvalue weighted by Gasteiger charge is 2.33. The van der Waals surface area contributed by atoms with Gasteiger partial charge in [0.15, 0.2) is 5.78 Å². The maximum atomic E-state index is 13.2. The van der Waals surface area contributed by atoms with E-state index in [2.05, 4.69) is 129 Å². The molecule has 0 amide bonds. The molecule has 5 nitrogen and oxygen atoms in total. The fraction of sp³-hybridized carbons (Fsp3) is 0.0750. The summed E-state index contributed by atoms with van der Waals surface area (Å²) in [5, 5.41) is 0. The number of hydrogen-bond acceptors (Lipinski definition) is 5. The molecule has 0 fully saturated rings. The molecule has 0 saturated carbocycles. The summed E-state index contributed by atoms with van der Waals surface area (Å²) in [4.78, 5) is 22.8. The molecule has 0 aliphatic carbocycles. The third kappa shape index (κ3) is 4.12. The van der Waals surface area contributed by atoms with E-state index in [1.807, 2.05) is 36.4 Å². The van der Waals surface area contributed by atoms with Gasteiger partial charge in [0.25, 0.3) is 0 Å². The lowest BCUT2D eigenvalue weighted by Gasteiger charge is -2.45. The molecular formula is C40H30N4O. The van der Waals surface area contributed by atoms with Crippen molar-refractivity contribution in [2.45, 2.75) is 13.1 Å². The SMILES string of the molecule is O=C(c1ccccc1)c1ccc2c(c1)N1Cc3ccc(N4c5ccccc5N(c5ccccc5)c5ccccc54)cc3N(C2)C1. The summed E-state index contributed by atoms with van der Waals surface area (Å²) in [5.41, 5.74) is 13.3. The van der Waals surface area contributed by atoms with Gasteiger partial charge >= 0.3 is 0 Å². The van der Waals surface area contributed by atoms with E-state index in [-0.39, 0.29) is 5.78 Å². The van der Waals surface area contributed by atoms with Gasteiger partial charge in [0.05, 0.1) is 29.4 Å². The molecule has 3 heterocycles. The van der Waals surface area contributed by atoms with E-state index in [1.54, 1.807) is 0 Å². The number of rotatable bonds is 4. The Morgan fingerprint density at radius 3 is 1.51 bits per heavy atom. The predicted molar refractivity (Wildman–Crippen MR) is 183 cm³/mol. The molecule has 0 N–H and O–H groups in total. The maximum Gasteiger partial charge on any atom is 0.193 e.